The van der Waals surface area contributed by atoms with Crippen molar-refractivity contribution in [2.24, 2.45) is 5.92 Å². The largest absolute Gasteiger partial charge is 0.342 e. The quantitative estimate of drug-likeness (QED) is 0.740. The molecule has 0 unspecified atom stereocenters. The van der Waals surface area contributed by atoms with Gasteiger partial charge in [0, 0.05) is 37.6 Å². The van der Waals surface area contributed by atoms with E-state index in [9.17, 15) is 4.79 Å². The molecule has 0 radical (unpaired) electrons. The van der Waals surface area contributed by atoms with Crippen LogP contribution in [0.15, 0.2) is 0 Å². The summed E-state index contributed by atoms with van der Waals surface area (Å²) in [4.78, 5) is 16.4. The van der Waals surface area contributed by atoms with Gasteiger partial charge in [0.1, 0.15) is 0 Å². The summed E-state index contributed by atoms with van der Waals surface area (Å²) in [6, 6.07) is 0.434. The molecule has 0 aromatic heterocycles. The Kier molecular flexibility index (Phi) is 4.59. The molecule has 3 heteroatoms. The van der Waals surface area contributed by atoms with E-state index in [0.29, 0.717) is 6.04 Å². The van der Waals surface area contributed by atoms with Crippen LogP contribution in [0.3, 0.4) is 0 Å². The monoisotopic (exact) mass is 240 g/mol. The second-order valence-electron chi connectivity index (χ2n) is 6.49. The van der Waals surface area contributed by atoms with Crippen molar-refractivity contribution in [3.05, 3.63) is 0 Å². The maximum absolute atomic E-state index is 11.9. The molecular weight excluding hydrogens is 212 g/mol. The Balaban J connectivity index is 2.50. The van der Waals surface area contributed by atoms with Crippen LogP contribution in [-0.2, 0) is 4.79 Å². The van der Waals surface area contributed by atoms with Crippen LogP contribution >= 0.6 is 0 Å². The fourth-order valence-corrected chi connectivity index (χ4v) is 2.51. The third-order valence-corrected chi connectivity index (χ3v) is 3.80. The van der Waals surface area contributed by atoms with E-state index in [1.165, 1.54) is 0 Å². The zero-order valence-corrected chi connectivity index (χ0v) is 12.3. The van der Waals surface area contributed by atoms with E-state index in [1.54, 1.807) is 0 Å². The molecule has 0 aliphatic carbocycles. The molecule has 1 aliphatic rings. The van der Waals surface area contributed by atoms with Gasteiger partial charge in [-0.3, -0.25) is 9.69 Å². The van der Waals surface area contributed by atoms with Crippen LogP contribution in [0.5, 0.6) is 0 Å². The number of amides is 1. The third kappa shape index (κ3) is 3.70. The second kappa shape index (κ2) is 5.38. The van der Waals surface area contributed by atoms with Crippen LogP contribution in [0, 0.1) is 5.92 Å². The number of nitrogens with zero attached hydrogens (tertiary/aromatic N) is 2. The highest BCUT2D eigenvalue weighted by Gasteiger charge is 2.30. The van der Waals surface area contributed by atoms with Crippen molar-refractivity contribution in [1.29, 1.82) is 0 Å². The number of rotatable bonds is 2. The fourth-order valence-electron chi connectivity index (χ4n) is 2.51. The minimum atomic E-state index is 0.112. The predicted molar refractivity (Wildman–Crippen MR) is 72.0 cm³/mol. The van der Waals surface area contributed by atoms with Gasteiger partial charge < -0.3 is 4.90 Å². The van der Waals surface area contributed by atoms with Crippen LogP contribution in [-0.4, -0.2) is 47.4 Å². The molecule has 0 spiro atoms. The van der Waals surface area contributed by atoms with Crippen LogP contribution in [0.1, 0.15) is 47.5 Å². The van der Waals surface area contributed by atoms with Crippen molar-refractivity contribution >= 4 is 5.91 Å². The topological polar surface area (TPSA) is 23.6 Å². The highest BCUT2D eigenvalue weighted by atomic mass is 16.2. The van der Waals surface area contributed by atoms with Crippen molar-refractivity contribution < 1.29 is 4.79 Å². The molecule has 1 saturated heterocycles. The summed E-state index contributed by atoms with van der Waals surface area (Å²) in [5, 5.41) is 0. The number of hydrogen-bond acceptors (Lipinski definition) is 2. The van der Waals surface area contributed by atoms with E-state index in [4.69, 9.17) is 0 Å². The SMILES string of the molecule is CC(C)C(=O)N(C)C1CCN(C(C)(C)C)CC1. The molecule has 0 N–H and O–H groups in total. The lowest BCUT2D eigenvalue weighted by Gasteiger charge is -2.43. The molecule has 0 aromatic carbocycles. The van der Waals surface area contributed by atoms with Gasteiger partial charge in [0.05, 0.1) is 0 Å². The smallest absolute Gasteiger partial charge is 0.225 e. The predicted octanol–water partition coefficient (Wildman–Crippen LogP) is 2.36. The van der Waals surface area contributed by atoms with E-state index in [-0.39, 0.29) is 17.4 Å². The highest BCUT2D eigenvalue weighted by molar-refractivity contribution is 5.78. The lowest BCUT2D eigenvalue weighted by atomic mass is 9.96. The van der Waals surface area contributed by atoms with Gasteiger partial charge in [-0.05, 0) is 33.6 Å². The number of likely N-dealkylation sites (tertiary alicyclic amines) is 1. The van der Waals surface area contributed by atoms with Crippen LogP contribution in [0.4, 0.5) is 0 Å². The molecule has 1 rings (SSSR count). The van der Waals surface area contributed by atoms with Gasteiger partial charge in [0.25, 0.3) is 0 Å². The molecule has 0 saturated carbocycles. The fraction of sp³-hybridized carbons (Fsp3) is 0.929. The first-order valence-corrected chi connectivity index (χ1v) is 6.75. The van der Waals surface area contributed by atoms with Crippen LogP contribution in [0.2, 0.25) is 0 Å². The number of piperidine rings is 1. The summed E-state index contributed by atoms with van der Waals surface area (Å²) in [5.74, 6) is 0.389. The Bertz CT molecular complexity index is 260. The molecule has 1 amide bonds. The van der Waals surface area contributed by atoms with Crippen molar-refractivity contribution in [3.63, 3.8) is 0 Å². The summed E-state index contributed by atoms with van der Waals surface area (Å²) in [6.07, 6.45) is 2.21. The summed E-state index contributed by atoms with van der Waals surface area (Å²) in [5.41, 5.74) is 0.256. The van der Waals surface area contributed by atoms with E-state index < -0.39 is 0 Å². The second-order valence-corrected chi connectivity index (χ2v) is 6.49. The number of carbonyl (C=O) groups is 1. The first-order valence-electron chi connectivity index (χ1n) is 6.75. The minimum absolute atomic E-state index is 0.112. The van der Waals surface area contributed by atoms with Crippen LogP contribution < -0.4 is 0 Å². The molecule has 1 aliphatic heterocycles. The van der Waals surface area contributed by atoms with Gasteiger partial charge in [-0.25, -0.2) is 0 Å². The normalized spacial score (nSPS) is 19.7. The summed E-state index contributed by atoms with van der Waals surface area (Å²) in [6.45, 7) is 12.9. The van der Waals surface area contributed by atoms with Crippen molar-refractivity contribution in [2.45, 2.75) is 59.0 Å². The average Bonchev–Trinajstić information content (AvgIpc) is 2.26. The summed E-state index contributed by atoms with van der Waals surface area (Å²) >= 11 is 0. The van der Waals surface area contributed by atoms with E-state index in [1.807, 2.05) is 25.8 Å². The van der Waals surface area contributed by atoms with Gasteiger partial charge >= 0.3 is 0 Å². The molecule has 0 aromatic rings. The molecule has 0 atom stereocenters. The van der Waals surface area contributed by atoms with Gasteiger partial charge in [0.2, 0.25) is 5.91 Å². The lowest BCUT2D eigenvalue weighted by Crippen LogP contribution is -2.51. The van der Waals surface area contributed by atoms with Crippen molar-refractivity contribution in [3.8, 4) is 0 Å². The van der Waals surface area contributed by atoms with E-state index >= 15 is 0 Å². The molecular formula is C14H28N2O. The van der Waals surface area contributed by atoms with Crippen molar-refractivity contribution in [1.82, 2.24) is 9.80 Å². The Morgan fingerprint density at radius 1 is 1.24 bits per heavy atom. The number of hydrogen-bond donors (Lipinski definition) is 0. The lowest BCUT2D eigenvalue weighted by molar-refractivity contribution is -0.136. The van der Waals surface area contributed by atoms with Crippen LogP contribution in [0.25, 0.3) is 0 Å². The first-order chi connectivity index (χ1) is 7.73. The summed E-state index contributed by atoms with van der Waals surface area (Å²) in [7, 11) is 1.96. The molecule has 17 heavy (non-hydrogen) atoms. The van der Waals surface area contributed by atoms with Gasteiger partial charge in [-0.1, -0.05) is 13.8 Å². The maximum Gasteiger partial charge on any atom is 0.225 e. The van der Waals surface area contributed by atoms with Gasteiger partial charge in [-0.15, -0.1) is 0 Å². The van der Waals surface area contributed by atoms with Crippen molar-refractivity contribution in [2.75, 3.05) is 20.1 Å². The van der Waals surface area contributed by atoms with E-state index in [2.05, 4.69) is 25.7 Å². The minimum Gasteiger partial charge on any atom is -0.342 e. The molecule has 1 heterocycles. The first kappa shape index (κ1) is 14.5. The molecule has 0 bridgehead atoms. The average molecular weight is 240 g/mol. The summed E-state index contributed by atoms with van der Waals surface area (Å²) < 4.78 is 0. The Morgan fingerprint density at radius 3 is 2.06 bits per heavy atom. The van der Waals surface area contributed by atoms with E-state index in [0.717, 1.165) is 25.9 Å². The molecule has 1 fully saturated rings. The Hall–Kier alpha value is -0.570. The van der Waals surface area contributed by atoms with Gasteiger partial charge in [0.15, 0.2) is 0 Å². The molecule has 100 valence electrons. The molecule has 3 nitrogen and oxygen atoms in total. The third-order valence-electron chi connectivity index (χ3n) is 3.80. The van der Waals surface area contributed by atoms with Gasteiger partial charge in [-0.2, -0.15) is 0 Å². The zero-order chi connectivity index (χ0) is 13.2. The standard InChI is InChI=1S/C14H28N2O/c1-11(2)13(17)15(6)12-7-9-16(10-8-12)14(3,4)5/h11-12H,7-10H2,1-6H3. The highest BCUT2D eigenvalue weighted by Crippen LogP contribution is 2.23. The zero-order valence-electron chi connectivity index (χ0n) is 12.3. The number of carbonyl (C=O) groups excluding carboxylic acids is 1. The Labute approximate surface area is 106 Å². The Morgan fingerprint density at radius 2 is 1.71 bits per heavy atom. The maximum atomic E-state index is 11.9.